The predicted molar refractivity (Wildman–Crippen MR) is 152 cm³/mol. The minimum Gasteiger partial charge on any atom is -0.495 e. The van der Waals surface area contributed by atoms with Crippen molar-refractivity contribution in [3.05, 3.63) is 42.3 Å². The number of amides is 1. The molecule has 2 aliphatic heterocycles. The van der Waals surface area contributed by atoms with Crippen molar-refractivity contribution in [1.29, 1.82) is 0 Å². The number of aromatic nitrogens is 2. The number of hydrogen-bond acceptors (Lipinski definition) is 11. The summed E-state index contributed by atoms with van der Waals surface area (Å²) in [6, 6.07) is 9.89. The number of rotatable bonds is 10. The second kappa shape index (κ2) is 13.1. The number of nitrogens with zero attached hydrogens (tertiary/aromatic N) is 4. The smallest absolute Gasteiger partial charge is 0.243 e. The molecule has 0 aliphatic carbocycles. The molecule has 2 aliphatic rings. The average Bonchev–Trinajstić information content (AvgIpc) is 3.49. The van der Waals surface area contributed by atoms with E-state index in [1.54, 1.807) is 32.4 Å². The van der Waals surface area contributed by atoms with E-state index in [2.05, 4.69) is 20.4 Å². The first kappa shape index (κ1) is 29.8. The molecular weight excluding hydrogens is 566 g/mol. The number of piperidine rings is 1. The molecule has 14 heteroatoms. The molecular formula is C28H35N5O8S. The Kier molecular flexibility index (Phi) is 9.26. The summed E-state index contributed by atoms with van der Waals surface area (Å²) >= 11 is 0. The molecule has 1 aromatic heterocycles. The number of methoxy groups -OCH3 is 3. The van der Waals surface area contributed by atoms with Gasteiger partial charge in [-0.25, -0.2) is 8.42 Å². The third-order valence-corrected chi connectivity index (χ3v) is 9.28. The number of ether oxygens (including phenoxy) is 4. The van der Waals surface area contributed by atoms with Crippen LogP contribution >= 0.6 is 0 Å². The van der Waals surface area contributed by atoms with E-state index in [9.17, 15) is 13.2 Å². The molecule has 13 nitrogen and oxygen atoms in total. The Morgan fingerprint density at radius 1 is 1.00 bits per heavy atom. The first-order chi connectivity index (χ1) is 20.3. The van der Waals surface area contributed by atoms with Gasteiger partial charge in [0.15, 0.2) is 11.5 Å². The largest absolute Gasteiger partial charge is 0.495 e. The number of carbonyl (C=O) groups is 1. The van der Waals surface area contributed by atoms with Gasteiger partial charge < -0.3 is 28.8 Å². The normalized spacial score (nSPS) is 18.4. The van der Waals surface area contributed by atoms with Crippen molar-refractivity contribution in [1.82, 2.24) is 19.3 Å². The van der Waals surface area contributed by atoms with Crippen LogP contribution in [0.3, 0.4) is 0 Å². The highest BCUT2D eigenvalue weighted by Gasteiger charge is 2.30. The van der Waals surface area contributed by atoms with Crippen LogP contribution < -0.4 is 19.5 Å². The van der Waals surface area contributed by atoms with E-state index in [0.717, 1.165) is 18.5 Å². The molecule has 0 bridgehead atoms. The van der Waals surface area contributed by atoms with Gasteiger partial charge >= 0.3 is 0 Å². The number of nitrogens with one attached hydrogen (secondary N) is 1. The third-order valence-electron chi connectivity index (χ3n) is 7.38. The van der Waals surface area contributed by atoms with Crippen LogP contribution in [0.5, 0.6) is 17.2 Å². The zero-order chi connectivity index (χ0) is 29.7. The number of carbonyl (C=O) groups excluding carboxylic acids is 1. The Balaban J connectivity index is 1.24. The van der Waals surface area contributed by atoms with Gasteiger partial charge in [0.1, 0.15) is 5.75 Å². The van der Waals surface area contributed by atoms with Crippen molar-refractivity contribution < 1.29 is 36.7 Å². The van der Waals surface area contributed by atoms with E-state index in [4.69, 9.17) is 23.5 Å². The highest BCUT2D eigenvalue weighted by molar-refractivity contribution is 7.89. The maximum atomic E-state index is 13.4. The standard InChI is InChI=1S/C28H35N5O8S/c1-37-23-9-7-21(42(35,36)33-11-13-40-14-12-33)16-22(23)29-28(34)20-5-4-10-32(17-20)18-26-30-27(31-41-26)19-6-8-24(38-2)25(15-19)39-3/h6-9,15-16,20H,4-5,10-14,17-18H2,1-3H3,(H,29,34). The Morgan fingerprint density at radius 2 is 1.74 bits per heavy atom. The first-order valence-corrected chi connectivity index (χ1v) is 15.1. The lowest BCUT2D eigenvalue weighted by atomic mass is 9.97. The number of morpholine rings is 1. The summed E-state index contributed by atoms with van der Waals surface area (Å²) in [4.78, 5) is 20.1. The minimum atomic E-state index is -3.74. The van der Waals surface area contributed by atoms with Gasteiger partial charge in [0.05, 0.1) is 57.6 Å². The molecule has 0 spiro atoms. The average molecular weight is 602 g/mol. The van der Waals surface area contributed by atoms with Crippen molar-refractivity contribution in [2.45, 2.75) is 24.3 Å². The summed E-state index contributed by atoms with van der Waals surface area (Å²) in [6.07, 6.45) is 1.49. The second-order valence-electron chi connectivity index (χ2n) is 10.0. The van der Waals surface area contributed by atoms with E-state index in [0.29, 0.717) is 67.4 Å². The number of hydrogen-bond donors (Lipinski definition) is 1. The van der Waals surface area contributed by atoms with Gasteiger partial charge in [0.25, 0.3) is 0 Å². The Bertz CT molecular complexity index is 1510. The highest BCUT2D eigenvalue weighted by Crippen LogP contribution is 2.32. The van der Waals surface area contributed by atoms with E-state index in [1.165, 1.54) is 23.5 Å². The minimum absolute atomic E-state index is 0.0902. The van der Waals surface area contributed by atoms with Crippen LogP contribution in [-0.2, 0) is 26.1 Å². The number of sulfonamides is 1. The highest BCUT2D eigenvalue weighted by atomic mass is 32.2. The lowest BCUT2D eigenvalue weighted by molar-refractivity contribution is -0.121. The van der Waals surface area contributed by atoms with Crippen LogP contribution in [0.15, 0.2) is 45.8 Å². The topological polar surface area (TPSA) is 146 Å². The molecule has 1 unspecified atom stereocenters. The fourth-order valence-electron chi connectivity index (χ4n) is 5.13. The number of likely N-dealkylation sites (tertiary alicyclic amines) is 1. The molecule has 1 N–H and O–H groups in total. The molecule has 2 saturated heterocycles. The molecule has 0 saturated carbocycles. The van der Waals surface area contributed by atoms with Crippen LogP contribution in [0, 0.1) is 5.92 Å². The summed E-state index contributed by atoms with van der Waals surface area (Å²) in [5, 5.41) is 7.02. The summed E-state index contributed by atoms with van der Waals surface area (Å²) < 4.78 is 54.6. The van der Waals surface area contributed by atoms with Gasteiger partial charge in [-0.1, -0.05) is 5.16 Å². The summed E-state index contributed by atoms with van der Waals surface area (Å²) in [6.45, 7) is 2.90. The Labute approximate surface area is 244 Å². The maximum absolute atomic E-state index is 13.4. The molecule has 42 heavy (non-hydrogen) atoms. The van der Waals surface area contributed by atoms with Crippen LogP contribution in [0.2, 0.25) is 0 Å². The van der Waals surface area contributed by atoms with Crippen molar-refractivity contribution in [3.8, 4) is 28.6 Å². The number of benzene rings is 2. The Morgan fingerprint density at radius 3 is 2.48 bits per heavy atom. The molecule has 5 rings (SSSR count). The van der Waals surface area contributed by atoms with Crippen LogP contribution in [-0.4, -0.2) is 94.4 Å². The molecule has 226 valence electrons. The number of anilines is 1. The zero-order valence-corrected chi connectivity index (χ0v) is 24.7. The summed E-state index contributed by atoms with van der Waals surface area (Å²) in [5.41, 5.74) is 1.04. The molecule has 0 radical (unpaired) electrons. The molecule has 3 heterocycles. The predicted octanol–water partition coefficient (Wildman–Crippen LogP) is 2.63. The summed E-state index contributed by atoms with van der Waals surface area (Å²) in [5.74, 6) is 1.87. The lowest BCUT2D eigenvalue weighted by Crippen LogP contribution is -2.41. The third kappa shape index (κ3) is 6.51. The van der Waals surface area contributed by atoms with Crippen LogP contribution in [0.1, 0.15) is 18.7 Å². The van der Waals surface area contributed by atoms with Gasteiger partial charge in [0.2, 0.25) is 27.6 Å². The SMILES string of the molecule is COc1ccc(S(=O)(=O)N2CCOCC2)cc1NC(=O)C1CCCN(Cc2nc(-c3ccc(OC)c(OC)c3)no2)C1. The van der Waals surface area contributed by atoms with Gasteiger partial charge in [-0.15, -0.1) is 0 Å². The maximum Gasteiger partial charge on any atom is 0.243 e. The molecule has 1 amide bonds. The van der Waals surface area contributed by atoms with E-state index in [1.807, 2.05) is 6.07 Å². The fraction of sp³-hybridized carbons (Fsp3) is 0.464. The Hall–Kier alpha value is -3.72. The quantitative estimate of drug-likeness (QED) is 0.366. The second-order valence-corrected chi connectivity index (χ2v) is 12.0. The van der Waals surface area contributed by atoms with Crippen molar-refractivity contribution >= 4 is 21.6 Å². The van der Waals surface area contributed by atoms with E-state index >= 15 is 0 Å². The van der Waals surface area contributed by atoms with Gasteiger partial charge in [-0.05, 0) is 55.8 Å². The fourth-order valence-corrected chi connectivity index (χ4v) is 6.57. The zero-order valence-electron chi connectivity index (χ0n) is 23.9. The molecule has 2 fully saturated rings. The molecule has 2 aromatic carbocycles. The van der Waals surface area contributed by atoms with Gasteiger partial charge in [-0.3, -0.25) is 9.69 Å². The van der Waals surface area contributed by atoms with Crippen molar-refractivity contribution in [2.75, 3.05) is 66.0 Å². The van der Waals surface area contributed by atoms with Crippen LogP contribution in [0.4, 0.5) is 5.69 Å². The van der Waals surface area contributed by atoms with Crippen LogP contribution in [0.25, 0.3) is 11.4 Å². The monoisotopic (exact) mass is 601 g/mol. The van der Waals surface area contributed by atoms with Crippen molar-refractivity contribution in [3.63, 3.8) is 0 Å². The summed E-state index contributed by atoms with van der Waals surface area (Å²) in [7, 11) is 0.871. The van der Waals surface area contributed by atoms with Gasteiger partial charge in [0, 0.05) is 25.2 Å². The van der Waals surface area contributed by atoms with E-state index < -0.39 is 10.0 Å². The lowest BCUT2D eigenvalue weighted by Gasteiger charge is -2.31. The molecule has 1 atom stereocenters. The van der Waals surface area contributed by atoms with Crippen molar-refractivity contribution in [2.24, 2.45) is 5.92 Å². The van der Waals surface area contributed by atoms with Gasteiger partial charge in [-0.2, -0.15) is 9.29 Å². The first-order valence-electron chi connectivity index (χ1n) is 13.7. The van der Waals surface area contributed by atoms with E-state index in [-0.39, 0.29) is 29.8 Å². The molecule has 3 aromatic rings.